The average molecular weight is 632 g/mol. The fraction of sp³-hybridized carbons (Fsp3) is 0.533. The van der Waals surface area contributed by atoms with Crippen molar-refractivity contribution >= 4 is 39.8 Å². The van der Waals surface area contributed by atoms with Crippen LogP contribution in [0.3, 0.4) is 0 Å². The van der Waals surface area contributed by atoms with E-state index in [0.717, 1.165) is 81.4 Å². The zero-order chi connectivity index (χ0) is 31.6. The number of hydrogen-bond donors (Lipinski definition) is 3. The quantitative estimate of drug-likeness (QED) is 0.302. The summed E-state index contributed by atoms with van der Waals surface area (Å²) in [5.41, 5.74) is -0.763. The smallest absolute Gasteiger partial charge is 0.412 e. The summed E-state index contributed by atoms with van der Waals surface area (Å²) in [5, 5.41) is 13.4. The third-order valence-corrected chi connectivity index (χ3v) is 8.52. The average Bonchev–Trinajstić information content (AvgIpc) is 3.40. The third-order valence-electron chi connectivity index (χ3n) is 7.54. The Morgan fingerprint density at radius 3 is 2.55 bits per heavy atom. The first-order chi connectivity index (χ1) is 20.8. The highest BCUT2D eigenvalue weighted by atomic mass is 32.1. The van der Waals surface area contributed by atoms with Gasteiger partial charge in [0.1, 0.15) is 32.9 Å². The lowest BCUT2D eigenvalue weighted by Crippen LogP contribution is -2.49. The van der Waals surface area contributed by atoms with Crippen LogP contribution in [0.5, 0.6) is 0 Å². The van der Waals surface area contributed by atoms with Gasteiger partial charge in [0.15, 0.2) is 11.5 Å². The molecule has 0 radical (unpaired) electrons. The Morgan fingerprint density at radius 1 is 1.16 bits per heavy atom. The molecular weight excluding hydrogens is 592 g/mol. The maximum Gasteiger partial charge on any atom is 0.412 e. The number of aryl methyl sites for hydroxylation is 1. The summed E-state index contributed by atoms with van der Waals surface area (Å²) in [7, 11) is 1.81. The minimum Gasteiger partial charge on any atom is -0.444 e. The molecule has 11 nitrogen and oxygen atoms in total. The van der Waals surface area contributed by atoms with E-state index in [1.165, 1.54) is 6.07 Å². The van der Waals surface area contributed by atoms with E-state index in [9.17, 15) is 18.4 Å². The Labute approximate surface area is 259 Å². The fourth-order valence-electron chi connectivity index (χ4n) is 5.30. The van der Waals surface area contributed by atoms with Gasteiger partial charge in [-0.3, -0.25) is 14.8 Å². The van der Waals surface area contributed by atoms with Gasteiger partial charge in [0, 0.05) is 38.1 Å². The van der Waals surface area contributed by atoms with Crippen LogP contribution < -0.4 is 20.9 Å². The monoisotopic (exact) mass is 631 g/mol. The van der Waals surface area contributed by atoms with E-state index in [1.54, 1.807) is 38.7 Å². The first-order valence-corrected chi connectivity index (χ1v) is 15.5. The van der Waals surface area contributed by atoms with Gasteiger partial charge in [0.2, 0.25) is 0 Å². The number of nitrogens with one attached hydrogen (secondary N) is 3. The highest BCUT2D eigenvalue weighted by molar-refractivity contribution is 7.19. The van der Waals surface area contributed by atoms with Crippen molar-refractivity contribution in [2.24, 2.45) is 12.5 Å². The lowest BCUT2D eigenvalue weighted by Gasteiger charge is -2.39. The van der Waals surface area contributed by atoms with Crippen molar-refractivity contribution in [3.63, 3.8) is 0 Å². The minimum absolute atomic E-state index is 0.00547. The number of anilines is 3. The van der Waals surface area contributed by atoms with Crippen molar-refractivity contribution in [2.45, 2.75) is 58.6 Å². The van der Waals surface area contributed by atoms with E-state index in [2.05, 4.69) is 37.9 Å². The summed E-state index contributed by atoms with van der Waals surface area (Å²) in [5.74, 6) is -1.62. The van der Waals surface area contributed by atoms with Crippen molar-refractivity contribution in [1.29, 1.82) is 0 Å². The van der Waals surface area contributed by atoms with Crippen LogP contribution in [-0.4, -0.2) is 71.3 Å². The second-order valence-electron chi connectivity index (χ2n) is 12.7. The molecule has 3 aromatic rings. The molecule has 5 rings (SSSR count). The number of nitrogens with zero attached hydrogens (tertiary/aromatic N) is 4. The summed E-state index contributed by atoms with van der Waals surface area (Å²) < 4.78 is 41.7. The maximum atomic E-state index is 14.6. The highest BCUT2D eigenvalue weighted by Gasteiger charge is 2.34. The topological polar surface area (TPSA) is 123 Å². The van der Waals surface area contributed by atoms with Gasteiger partial charge in [-0.25, -0.2) is 18.6 Å². The first-order valence-electron chi connectivity index (χ1n) is 14.7. The van der Waals surface area contributed by atoms with Crippen LogP contribution in [0.2, 0.25) is 0 Å². The molecule has 0 bridgehead atoms. The van der Waals surface area contributed by atoms with E-state index in [-0.39, 0.29) is 21.1 Å². The molecule has 14 heteroatoms. The summed E-state index contributed by atoms with van der Waals surface area (Å²) in [4.78, 5) is 32.8. The van der Waals surface area contributed by atoms with Gasteiger partial charge in [0.05, 0.1) is 25.0 Å². The van der Waals surface area contributed by atoms with Crippen molar-refractivity contribution in [1.82, 2.24) is 20.1 Å². The number of halogens is 2. The number of aromatic nitrogens is 3. The number of ether oxygens (including phenoxy) is 2. The normalized spacial score (nSPS) is 18.3. The lowest BCUT2D eigenvalue weighted by molar-refractivity contribution is -0.100. The van der Waals surface area contributed by atoms with Crippen LogP contribution in [0.1, 0.15) is 57.4 Å². The Morgan fingerprint density at radius 2 is 1.89 bits per heavy atom. The van der Waals surface area contributed by atoms with Gasteiger partial charge in [-0.1, -0.05) is 24.3 Å². The summed E-state index contributed by atoms with van der Waals surface area (Å²) in [6, 6.07) is 3.82. The van der Waals surface area contributed by atoms with Gasteiger partial charge < -0.3 is 25.0 Å². The van der Waals surface area contributed by atoms with Crippen LogP contribution in [0.4, 0.5) is 30.1 Å². The van der Waals surface area contributed by atoms with E-state index in [0.29, 0.717) is 11.7 Å². The SMILES string of the molecule is Cn1ncc(NC(=O)c2nc(-c3c(F)cccc3F)sc2NC(=O)OC(C)(C)C)c1N1CCC[C@@H](NCC2(C)COC2)CC1. The van der Waals surface area contributed by atoms with Crippen molar-refractivity contribution in [3.05, 3.63) is 41.7 Å². The highest BCUT2D eigenvalue weighted by Crippen LogP contribution is 2.36. The van der Waals surface area contributed by atoms with Crippen LogP contribution in [-0.2, 0) is 16.5 Å². The Bertz CT molecular complexity index is 1500. The zero-order valence-electron chi connectivity index (χ0n) is 25.6. The van der Waals surface area contributed by atoms with Gasteiger partial charge in [-0.15, -0.1) is 0 Å². The van der Waals surface area contributed by atoms with Gasteiger partial charge >= 0.3 is 6.09 Å². The van der Waals surface area contributed by atoms with E-state index in [1.807, 2.05) is 0 Å². The van der Waals surface area contributed by atoms with Gasteiger partial charge in [0.25, 0.3) is 5.91 Å². The van der Waals surface area contributed by atoms with Crippen LogP contribution in [0.25, 0.3) is 10.6 Å². The van der Waals surface area contributed by atoms with E-state index in [4.69, 9.17) is 9.47 Å². The molecule has 3 N–H and O–H groups in total. The molecule has 2 aliphatic rings. The predicted octanol–water partition coefficient (Wildman–Crippen LogP) is 5.41. The molecule has 2 amide bonds. The lowest BCUT2D eigenvalue weighted by atomic mass is 9.88. The number of rotatable bonds is 8. The number of thiazole rings is 1. The van der Waals surface area contributed by atoms with E-state index >= 15 is 0 Å². The molecule has 4 heterocycles. The molecule has 0 spiro atoms. The molecule has 2 aromatic heterocycles. The molecule has 0 unspecified atom stereocenters. The van der Waals surface area contributed by atoms with Crippen molar-refractivity contribution in [3.8, 4) is 10.6 Å². The molecule has 1 atom stereocenters. The minimum atomic E-state index is -0.840. The number of benzene rings is 1. The maximum absolute atomic E-state index is 14.6. The first kappa shape index (κ1) is 31.8. The number of carbonyl (C=O) groups is 2. The number of carbonyl (C=O) groups excluding carboxylic acids is 2. The van der Waals surface area contributed by atoms with E-state index < -0.39 is 34.8 Å². The third kappa shape index (κ3) is 7.36. The van der Waals surface area contributed by atoms with Crippen molar-refractivity contribution in [2.75, 3.05) is 48.4 Å². The molecule has 2 fully saturated rings. The van der Waals surface area contributed by atoms with Crippen molar-refractivity contribution < 1.29 is 27.8 Å². The number of hydrogen-bond acceptors (Lipinski definition) is 9. The molecule has 2 saturated heterocycles. The summed E-state index contributed by atoms with van der Waals surface area (Å²) in [6.07, 6.45) is 3.63. The van der Waals surface area contributed by atoms with Crippen LogP contribution in [0, 0.1) is 17.0 Å². The van der Waals surface area contributed by atoms with Gasteiger partial charge in [-0.2, -0.15) is 5.10 Å². The number of amides is 2. The summed E-state index contributed by atoms with van der Waals surface area (Å²) >= 11 is 0.777. The Balaban J connectivity index is 1.36. The standard InChI is InChI=1S/C30H39F2N7O4S/c1-29(2,3)43-28(41)37-26-23(36-25(44-26)22-19(31)9-6-10-20(22)32)24(40)35-21-14-34-38(5)27(21)39-12-7-8-18(11-13-39)33-15-30(4)16-42-17-30/h6,9-10,14,18,33H,7-8,11-13,15-17H2,1-5H3,(H,35,40)(H,37,41)/t18-/m1/s1. The summed E-state index contributed by atoms with van der Waals surface area (Å²) in [6.45, 7) is 11.3. The molecule has 0 saturated carbocycles. The molecular formula is C30H39F2N7O4S. The molecule has 0 aliphatic carbocycles. The predicted molar refractivity (Wildman–Crippen MR) is 165 cm³/mol. The fourth-order valence-corrected chi connectivity index (χ4v) is 6.29. The second-order valence-corrected chi connectivity index (χ2v) is 13.7. The molecule has 44 heavy (non-hydrogen) atoms. The van der Waals surface area contributed by atoms with Crippen LogP contribution in [0.15, 0.2) is 24.4 Å². The Kier molecular flexibility index (Phi) is 9.23. The second kappa shape index (κ2) is 12.8. The molecule has 2 aliphatic heterocycles. The van der Waals surface area contributed by atoms with Gasteiger partial charge in [-0.05, 0) is 52.2 Å². The Hall–Kier alpha value is -3.62. The largest absolute Gasteiger partial charge is 0.444 e. The molecule has 1 aromatic carbocycles. The molecule has 238 valence electrons. The zero-order valence-corrected chi connectivity index (χ0v) is 26.4. The van der Waals surface area contributed by atoms with Crippen LogP contribution >= 0.6 is 11.3 Å².